The number of benzene rings is 2. The highest BCUT2D eigenvalue weighted by molar-refractivity contribution is 7.99. The Hall–Kier alpha value is -3.37. The number of nitrogens with zero attached hydrogens (tertiary/aromatic N) is 6. The van der Waals surface area contributed by atoms with Crippen molar-refractivity contribution in [1.29, 1.82) is 0 Å². The Balaban J connectivity index is 1.92. The fraction of sp³-hybridized carbons (Fsp3) is 0.261. The highest BCUT2D eigenvalue weighted by Crippen LogP contribution is 2.36. The second-order valence-electron chi connectivity index (χ2n) is 7.88. The van der Waals surface area contributed by atoms with E-state index < -0.39 is 0 Å². The van der Waals surface area contributed by atoms with Gasteiger partial charge in [0.1, 0.15) is 11.6 Å². The van der Waals surface area contributed by atoms with Crippen LogP contribution in [-0.2, 0) is 0 Å². The van der Waals surface area contributed by atoms with Gasteiger partial charge >= 0.3 is 0 Å². The van der Waals surface area contributed by atoms with Crippen molar-refractivity contribution in [3.8, 4) is 11.4 Å². The van der Waals surface area contributed by atoms with Gasteiger partial charge in [0, 0.05) is 19.1 Å². The molecule has 0 amide bonds. The summed E-state index contributed by atoms with van der Waals surface area (Å²) in [5.74, 6) is 1.60. The minimum atomic E-state index is -0.297. The zero-order chi connectivity index (χ0) is 24.6. The molecule has 2 aromatic heterocycles. The number of aryl methyl sites for hydroxylation is 1. The minimum absolute atomic E-state index is 0.122. The number of aromatic nitrogens is 5. The Labute approximate surface area is 206 Å². The molecule has 2 heterocycles. The minimum Gasteiger partial charge on any atom is -0.495 e. The molecule has 2 N–H and O–H groups in total. The van der Waals surface area contributed by atoms with Crippen molar-refractivity contribution in [2.75, 3.05) is 31.8 Å². The first-order valence-electron chi connectivity index (χ1n) is 10.4. The predicted octanol–water partition coefficient (Wildman–Crippen LogP) is 4.04. The van der Waals surface area contributed by atoms with Crippen molar-refractivity contribution in [3.05, 3.63) is 63.2 Å². The van der Waals surface area contributed by atoms with Crippen LogP contribution in [0.1, 0.15) is 23.6 Å². The zero-order valence-electron chi connectivity index (χ0n) is 19.4. The third-order valence-electron chi connectivity index (χ3n) is 5.08. The molecule has 34 heavy (non-hydrogen) atoms. The quantitative estimate of drug-likeness (QED) is 0.311. The second kappa shape index (κ2) is 9.47. The summed E-state index contributed by atoms with van der Waals surface area (Å²) in [5.41, 5.74) is 7.76. The molecule has 0 bridgehead atoms. The lowest BCUT2D eigenvalue weighted by Crippen LogP contribution is -2.23. The van der Waals surface area contributed by atoms with E-state index in [4.69, 9.17) is 27.1 Å². The van der Waals surface area contributed by atoms with Crippen LogP contribution in [0.15, 0.2) is 46.3 Å². The van der Waals surface area contributed by atoms with Gasteiger partial charge in [-0.1, -0.05) is 29.4 Å². The van der Waals surface area contributed by atoms with Gasteiger partial charge in [-0.25, -0.2) is 4.98 Å². The van der Waals surface area contributed by atoms with Crippen LogP contribution in [0.3, 0.4) is 0 Å². The third-order valence-corrected chi connectivity index (χ3v) is 6.36. The van der Waals surface area contributed by atoms with E-state index in [-0.39, 0.29) is 16.8 Å². The monoisotopic (exact) mass is 497 g/mol. The SMILES string of the molecule is COc1ccc(C)cc1-n1c(SC(C)c2nc(N)nc(N(C)C)n2)nc2cc(Cl)ccc2c1=O. The topological polar surface area (TPSA) is 112 Å². The summed E-state index contributed by atoms with van der Waals surface area (Å²) in [6.07, 6.45) is 0. The molecule has 0 spiro atoms. The average molecular weight is 498 g/mol. The summed E-state index contributed by atoms with van der Waals surface area (Å²) in [5, 5.41) is 1.09. The van der Waals surface area contributed by atoms with Crippen LogP contribution in [0.4, 0.5) is 11.9 Å². The van der Waals surface area contributed by atoms with Crippen molar-refractivity contribution in [1.82, 2.24) is 24.5 Å². The lowest BCUT2D eigenvalue weighted by Gasteiger charge is -2.19. The summed E-state index contributed by atoms with van der Waals surface area (Å²) in [4.78, 5) is 33.2. The molecule has 1 atom stereocenters. The second-order valence-corrected chi connectivity index (χ2v) is 9.62. The molecule has 0 aliphatic carbocycles. The summed E-state index contributed by atoms with van der Waals surface area (Å²) >= 11 is 7.53. The van der Waals surface area contributed by atoms with Gasteiger partial charge in [0.15, 0.2) is 5.16 Å². The van der Waals surface area contributed by atoms with Gasteiger partial charge in [0.05, 0.1) is 29.0 Å². The van der Waals surface area contributed by atoms with E-state index >= 15 is 0 Å². The number of rotatable bonds is 6. The molecule has 0 saturated heterocycles. The van der Waals surface area contributed by atoms with Crippen LogP contribution in [0.25, 0.3) is 16.6 Å². The van der Waals surface area contributed by atoms with Crippen molar-refractivity contribution < 1.29 is 4.74 Å². The molecule has 4 aromatic rings. The molecule has 0 saturated carbocycles. The van der Waals surface area contributed by atoms with Crippen LogP contribution >= 0.6 is 23.4 Å². The van der Waals surface area contributed by atoms with E-state index in [1.54, 1.807) is 34.8 Å². The number of nitrogens with two attached hydrogens (primary N) is 1. The molecular formula is C23H24ClN7O2S. The number of ether oxygens (including phenoxy) is 1. The number of hydrogen-bond acceptors (Lipinski definition) is 9. The van der Waals surface area contributed by atoms with Gasteiger partial charge in [0.25, 0.3) is 5.56 Å². The van der Waals surface area contributed by atoms with Crippen molar-refractivity contribution in [2.24, 2.45) is 0 Å². The Morgan fingerprint density at radius 3 is 2.59 bits per heavy atom. The van der Waals surface area contributed by atoms with Crippen LogP contribution in [-0.4, -0.2) is 45.7 Å². The van der Waals surface area contributed by atoms with Crippen LogP contribution in [0.5, 0.6) is 5.75 Å². The third kappa shape index (κ3) is 4.64. The summed E-state index contributed by atoms with van der Waals surface area (Å²) in [6, 6.07) is 10.7. The first-order chi connectivity index (χ1) is 16.2. The number of thioether (sulfide) groups is 1. The van der Waals surface area contributed by atoms with E-state index in [2.05, 4.69) is 15.0 Å². The number of halogens is 1. The number of fused-ring (bicyclic) bond motifs is 1. The smallest absolute Gasteiger partial charge is 0.266 e. The van der Waals surface area contributed by atoms with Gasteiger partial charge in [-0.15, -0.1) is 0 Å². The molecule has 4 rings (SSSR count). The summed E-state index contributed by atoms with van der Waals surface area (Å²) < 4.78 is 7.13. The molecular weight excluding hydrogens is 474 g/mol. The molecule has 0 aliphatic heterocycles. The van der Waals surface area contributed by atoms with Crippen molar-refractivity contribution >= 4 is 46.2 Å². The zero-order valence-corrected chi connectivity index (χ0v) is 21.0. The van der Waals surface area contributed by atoms with E-state index in [1.165, 1.54) is 11.8 Å². The van der Waals surface area contributed by atoms with Gasteiger partial charge in [-0.3, -0.25) is 9.36 Å². The Bertz CT molecular complexity index is 1440. The number of anilines is 2. The van der Waals surface area contributed by atoms with Crippen LogP contribution in [0, 0.1) is 6.92 Å². The molecule has 1 unspecified atom stereocenters. The van der Waals surface area contributed by atoms with E-state index in [0.717, 1.165) is 5.56 Å². The normalized spacial score (nSPS) is 12.1. The highest BCUT2D eigenvalue weighted by Gasteiger charge is 2.22. The first-order valence-corrected chi connectivity index (χ1v) is 11.7. The molecule has 176 valence electrons. The average Bonchev–Trinajstić information content (AvgIpc) is 2.78. The summed E-state index contributed by atoms with van der Waals surface area (Å²) in [6.45, 7) is 3.87. The molecule has 2 aromatic carbocycles. The molecule has 0 fully saturated rings. The predicted molar refractivity (Wildman–Crippen MR) is 136 cm³/mol. The molecule has 0 aliphatic rings. The maximum Gasteiger partial charge on any atom is 0.266 e. The first kappa shape index (κ1) is 23.8. The lowest BCUT2D eigenvalue weighted by atomic mass is 10.2. The molecule has 0 radical (unpaired) electrons. The number of hydrogen-bond donors (Lipinski definition) is 1. The maximum absolute atomic E-state index is 13.7. The summed E-state index contributed by atoms with van der Waals surface area (Å²) in [7, 11) is 5.22. The van der Waals surface area contributed by atoms with Crippen molar-refractivity contribution in [2.45, 2.75) is 24.3 Å². The molecule has 9 nitrogen and oxygen atoms in total. The van der Waals surface area contributed by atoms with E-state index in [1.807, 2.05) is 46.1 Å². The van der Waals surface area contributed by atoms with Crippen molar-refractivity contribution in [3.63, 3.8) is 0 Å². The maximum atomic E-state index is 13.7. The van der Waals surface area contributed by atoms with Crippen LogP contribution in [0.2, 0.25) is 5.02 Å². The standard InChI is InChI=1S/C23H24ClN7O2S/c1-12-6-9-18(33-5)17(10-12)31-20(32)15-8-7-14(24)11-16(15)26-23(31)34-13(2)19-27-21(25)29-22(28-19)30(3)4/h6-11,13H,1-5H3,(H2,25,27,28,29). The highest BCUT2D eigenvalue weighted by atomic mass is 35.5. The van der Waals surface area contributed by atoms with Crippen LogP contribution < -0.4 is 20.9 Å². The Morgan fingerprint density at radius 1 is 1.12 bits per heavy atom. The fourth-order valence-electron chi connectivity index (χ4n) is 3.39. The fourth-order valence-corrected chi connectivity index (χ4v) is 4.53. The number of methoxy groups -OCH3 is 1. The Morgan fingerprint density at radius 2 is 1.88 bits per heavy atom. The largest absolute Gasteiger partial charge is 0.495 e. The Kier molecular flexibility index (Phi) is 6.63. The van der Waals surface area contributed by atoms with E-state index in [9.17, 15) is 4.79 Å². The molecule has 11 heteroatoms. The van der Waals surface area contributed by atoms with E-state index in [0.29, 0.717) is 44.3 Å². The lowest BCUT2D eigenvalue weighted by molar-refractivity contribution is 0.411. The van der Waals surface area contributed by atoms with Gasteiger partial charge in [-0.2, -0.15) is 15.0 Å². The van der Waals surface area contributed by atoms with Gasteiger partial charge < -0.3 is 15.4 Å². The van der Waals surface area contributed by atoms with Gasteiger partial charge in [0.2, 0.25) is 11.9 Å². The van der Waals surface area contributed by atoms with Gasteiger partial charge in [-0.05, 0) is 49.7 Å². The number of nitrogen functional groups attached to an aromatic ring is 1.